The molecule has 0 bridgehead atoms. The van der Waals surface area contributed by atoms with Gasteiger partial charge in [0, 0.05) is 25.2 Å². The number of likely N-dealkylation sites (N-methyl/N-ethyl adjacent to an activating group) is 1. The fraction of sp³-hybridized carbons (Fsp3) is 0.333. The van der Waals surface area contributed by atoms with E-state index in [0.717, 1.165) is 18.5 Å². The van der Waals surface area contributed by atoms with E-state index in [1.165, 1.54) is 19.2 Å². The van der Waals surface area contributed by atoms with Crippen molar-refractivity contribution in [1.29, 1.82) is 10.8 Å². The van der Waals surface area contributed by atoms with Crippen LogP contribution in [0.3, 0.4) is 0 Å². The summed E-state index contributed by atoms with van der Waals surface area (Å²) in [7, 11) is 1.82. The van der Waals surface area contributed by atoms with Crippen molar-refractivity contribution in [2.24, 2.45) is 0 Å². The molecule has 0 saturated carbocycles. The van der Waals surface area contributed by atoms with Crippen LogP contribution in [0.2, 0.25) is 0 Å². The molecule has 2 aromatic rings. The SMILES string of the molecule is CNC1COCCN1C=O.Cc1[nH]cc(C(=N)SC(=N)Cc2ccc(F)cc2F)c(=O)c1O. The fourth-order valence-corrected chi connectivity index (χ4v) is 3.56. The lowest BCUT2D eigenvalue weighted by molar-refractivity contribution is -0.127. The number of aromatic amines is 1. The highest BCUT2D eigenvalue weighted by Gasteiger charge is 2.18. The van der Waals surface area contributed by atoms with Crippen molar-refractivity contribution in [3.63, 3.8) is 0 Å². The molecule has 0 aliphatic carbocycles. The third kappa shape index (κ3) is 7.20. The maximum Gasteiger partial charge on any atom is 0.233 e. The first-order chi connectivity index (χ1) is 15.7. The highest BCUT2D eigenvalue weighted by atomic mass is 32.2. The number of aromatic nitrogens is 1. The molecule has 33 heavy (non-hydrogen) atoms. The summed E-state index contributed by atoms with van der Waals surface area (Å²) >= 11 is 0.664. The van der Waals surface area contributed by atoms with Gasteiger partial charge in [0.1, 0.15) is 22.8 Å². The zero-order valence-corrected chi connectivity index (χ0v) is 18.9. The molecular formula is C21H25F2N5O4S. The highest BCUT2D eigenvalue weighted by molar-refractivity contribution is 8.26. The van der Waals surface area contributed by atoms with E-state index in [1.54, 1.807) is 4.90 Å². The van der Waals surface area contributed by atoms with Crippen LogP contribution in [0.5, 0.6) is 5.75 Å². The van der Waals surface area contributed by atoms with Gasteiger partial charge in [0.2, 0.25) is 11.8 Å². The molecule has 1 fully saturated rings. The van der Waals surface area contributed by atoms with Crippen molar-refractivity contribution in [3.05, 3.63) is 63.1 Å². The molecule has 3 rings (SSSR count). The largest absolute Gasteiger partial charge is 0.503 e. The van der Waals surface area contributed by atoms with E-state index in [9.17, 15) is 23.5 Å². The average molecular weight is 482 g/mol. The summed E-state index contributed by atoms with van der Waals surface area (Å²) in [4.78, 5) is 26.6. The number of H-pyrrole nitrogens is 1. The minimum absolute atomic E-state index is 0.0613. The Labute approximate surface area is 193 Å². The Morgan fingerprint density at radius 2 is 2.15 bits per heavy atom. The first-order valence-corrected chi connectivity index (χ1v) is 10.6. The first-order valence-electron chi connectivity index (χ1n) is 9.83. The summed E-state index contributed by atoms with van der Waals surface area (Å²) in [6.07, 6.45) is 2.06. The number of rotatable bonds is 5. The quantitative estimate of drug-likeness (QED) is 0.251. The van der Waals surface area contributed by atoms with Crippen LogP contribution in [0.1, 0.15) is 16.8 Å². The summed E-state index contributed by atoms with van der Waals surface area (Å²) in [5, 5.41) is 27.9. The molecule has 1 amide bonds. The first kappa shape index (κ1) is 26.2. The Bertz CT molecular complexity index is 1080. The van der Waals surface area contributed by atoms with Crippen LogP contribution in [-0.2, 0) is 16.0 Å². The molecule has 1 saturated heterocycles. The van der Waals surface area contributed by atoms with Crippen molar-refractivity contribution in [3.8, 4) is 5.75 Å². The van der Waals surface area contributed by atoms with Crippen molar-refractivity contribution in [1.82, 2.24) is 15.2 Å². The Hall–Kier alpha value is -3.09. The Balaban J connectivity index is 0.000000321. The number of aromatic hydroxyl groups is 1. The number of carbonyl (C=O) groups excluding carboxylic acids is 1. The second-order valence-electron chi connectivity index (χ2n) is 6.99. The van der Waals surface area contributed by atoms with Gasteiger partial charge in [-0.15, -0.1) is 0 Å². The molecule has 178 valence electrons. The number of thioether (sulfide) groups is 1. The zero-order valence-electron chi connectivity index (χ0n) is 18.1. The van der Waals surface area contributed by atoms with Gasteiger partial charge in [-0.3, -0.25) is 25.7 Å². The number of aryl methyl sites for hydroxylation is 1. The molecule has 1 aliphatic heterocycles. The molecule has 1 aliphatic rings. The topological polar surface area (TPSA) is 142 Å². The normalized spacial score (nSPS) is 15.4. The number of benzene rings is 1. The number of halogens is 2. The lowest BCUT2D eigenvalue weighted by atomic mass is 10.1. The summed E-state index contributed by atoms with van der Waals surface area (Å²) in [6.45, 7) is 3.44. The van der Waals surface area contributed by atoms with Gasteiger partial charge >= 0.3 is 0 Å². The summed E-state index contributed by atoms with van der Waals surface area (Å²) in [5.41, 5.74) is -0.390. The number of nitrogens with one attached hydrogen (secondary N) is 4. The molecule has 12 heteroatoms. The number of carbonyl (C=O) groups is 1. The van der Waals surface area contributed by atoms with Crippen LogP contribution in [0.25, 0.3) is 0 Å². The van der Waals surface area contributed by atoms with Gasteiger partial charge in [-0.1, -0.05) is 17.8 Å². The second-order valence-corrected chi connectivity index (χ2v) is 8.10. The number of hydrogen-bond donors (Lipinski definition) is 5. The Morgan fingerprint density at radius 3 is 2.76 bits per heavy atom. The van der Waals surface area contributed by atoms with Crippen LogP contribution >= 0.6 is 11.8 Å². The van der Waals surface area contributed by atoms with Crippen molar-refractivity contribution in [2.75, 3.05) is 26.8 Å². The molecule has 1 atom stereocenters. The van der Waals surface area contributed by atoms with Crippen molar-refractivity contribution >= 4 is 28.3 Å². The molecule has 9 nitrogen and oxygen atoms in total. The average Bonchev–Trinajstić information content (AvgIpc) is 2.79. The van der Waals surface area contributed by atoms with E-state index >= 15 is 0 Å². The number of amides is 1. The van der Waals surface area contributed by atoms with Gasteiger partial charge in [-0.2, -0.15) is 0 Å². The summed E-state index contributed by atoms with van der Waals surface area (Å²) in [5.74, 6) is -1.96. The smallest absolute Gasteiger partial charge is 0.233 e. The van der Waals surface area contributed by atoms with Gasteiger partial charge < -0.3 is 19.7 Å². The van der Waals surface area contributed by atoms with E-state index in [1.807, 2.05) is 7.05 Å². The minimum atomic E-state index is -0.771. The maximum atomic E-state index is 13.5. The van der Waals surface area contributed by atoms with Crippen LogP contribution in [-0.4, -0.2) is 64.5 Å². The molecule has 1 aromatic carbocycles. The molecule has 2 heterocycles. The molecule has 5 N–H and O–H groups in total. The number of hydrogen-bond acceptors (Lipinski definition) is 8. The predicted octanol–water partition coefficient (Wildman–Crippen LogP) is 1.97. The van der Waals surface area contributed by atoms with E-state index in [-0.39, 0.29) is 39.5 Å². The minimum Gasteiger partial charge on any atom is -0.503 e. The van der Waals surface area contributed by atoms with Gasteiger partial charge in [0.05, 0.1) is 29.5 Å². The lowest BCUT2D eigenvalue weighted by Gasteiger charge is -2.31. The van der Waals surface area contributed by atoms with E-state index in [4.69, 9.17) is 15.6 Å². The molecule has 0 spiro atoms. The summed E-state index contributed by atoms with van der Waals surface area (Å²) in [6, 6.07) is 3.04. The van der Waals surface area contributed by atoms with Gasteiger partial charge in [0.15, 0.2) is 5.75 Å². The molecular weight excluding hydrogens is 456 g/mol. The van der Waals surface area contributed by atoms with E-state index < -0.39 is 22.8 Å². The Kier molecular flexibility index (Phi) is 9.70. The van der Waals surface area contributed by atoms with Gasteiger partial charge in [-0.25, -0.2) is 8.78 Å². The van der Waals surface area contributed by atoms with Crippen LogP contribution < -0.4 is 10.7 Å². The van der Waals surface area contributed by atoms with E-state index in [2.05, 4.69) is 10.3 Å². The molecule has 0 radical (unpaired) electrons. The number of pyridine rings is 1. The van der Waals surface area contributed by atoms with Crippen LogP contribution in [0.15, 0.2) is 29.2 Å². The van der Waals surface area contributed by atoms with Gasteiger partial charge in [-0.05, 0) is 25.6 Å². The van der Waals surface area contributed by atoms with Crippen LogP contribution in [0.4, 0.5) is 8.78 Å². The summed E-state index contributed by atoms with van der Waals surface area (Å²) < 4.78 is 31.5. The number of ether oxygens (including phenoxy) is 1. The Morgan fingerprint density at radius 1 is 1.42 bits per heavy atom. The van der Waals surface area contributed by atoms with Crippen molar-refractivity contribution < 1.29 is 23.4 Å². The van der Waals surface area contributed by atoms with E-state index in [0.29, 0.717) is 31.5 Å². The highest BCUT2D eigenvalue weighted by Crippen LogP contribution is 2.18. The number of morpholine rings is 1. The fourth-order valence-electron chi connectivity index (χ4n) is 2.82. The molecule has 1 aromatic heterocycles. The second kappa shape index (κ2) is 12.2. The lowest BCUT2D eigenvalue weighted by Crippen LogP contribution is -2.51. The third-order valence-electron chi connectivity index (χ3n) is 4.72. The maximum absolute atomic E-state index is 13.5. The zero-order chi connectivity index (χ0) is 24.5. The van der Waals surface area contributed by atoms with Crippen LogP contribution in [0, 0.1) is 29.4 Å². The molecule has 1 unspecified atom stereocenters. The van der Waals surface area contributed by atoms with Gasteiger partial charge in [0.25, 0.3) is 0 Å². The predicted molar refractivity (Wildman–Crippen MR) is 122 cm³/mol. The monoisotopic (exact) mass is 481 g/mol. The number of nitrogens with zero attached hydrogens (tertiary/aromatic N) is 1. The van der Waals surface area contributed by atoms with Crippen molar-refractivity contribution in [2.45, 2.75) is 19.5 Å². The standard InChI is InChI=1S/C15H13F2N3O2S.C6H12N2O2/c1-7-13(21)14(22)10(6-20-7)15(19)23-12(18)4-8-2-3-9(16)5-11(8)17;1-7-6-4-10-3-2-8(6)5-9/h2-3,5-6,18-19,21H,4H2,1H3,(H,20,22);5-7H,2-4H2,1H3. The third-order valence-corrected chi connectivity index (χ3v) is 5.54.